The summed E-state index contributed by atoms with van der Waals surface area (Å²) in [6.07, 6.45) is 0.854. The molecule has 4 rings (SSSR count). The van der Waals surface area contributed by atoms with Crippen LogP contribution >= 0.6 is 11.3 Å². The fourth-order valence-electron chi connectivity index (χ4n) is 3.14. The van der Waals surface area contributed by atoms with Crippen molar-refractivity contribution in [3.63, 3.8) is 0 Å². The molecule has 0 aliphatic rings. The fraction of sp³-hybridized carbons (Fsp3) is 0.174. The Labute approximate surface area is 183 Å². The van der Waals surface area contributed by atoms with Crippen LogP contribution in [0.15, 0.2) is 60.0 Å². The number of fused-ring (bicyclic) bond motifs is 1. The highest BCUT2D eigenvalue weighted by molar-refractivity contribution is 7.13. The Morgan fingerprint density at radius 1 is 1.13 bits per heavy atom. The number of H-pyrrole nitrogens is 1. The van der Waals surface area contributed by atoms with Gasteiger partial charge in [-0.05, 0) is 60.3 Å². The Morgan fingerprint density at radius 3 is 2.71 bits per heavy atom. The largest absolute Gasteiger partial charge is 0.497 e. The lowest BCUT2D eigenvalue weighted by molar-refractivity contribution is -0.116. The summed E-state index contributed by atoms with van der Waals surface area (Å²) in [6, 6.07) is 16.5. The van der Waals surface area contributed by atoms with E-state index in [1.807, 2.05) is 35.7 Å². The molecule has 0 atom stereocenters. The highest BCUT2D eigenvalue weighted by atomic mass is 32.1. The standard InChI is InChI=1S/C23H22N4O3S/c1-30-17-9-6-15(7-10-17)23(29)24-12-2-5-21(28)25-16-8-11-18-19(14-16)27-22(26-18)20-4-3-13-31-20/h3-4,6-11,13-14H,2,5,12H2,1H3,(H,24,29)(H,25,28)(H,26,27). The maximum absolute atomic E-state index is 12.3. The van der Waals surface area contributed by atoms with Crippen molar-refractivity contribution in [1.29, 1.82) is 0 Å². The van der Waals surface area contributed by atoms with E-state index in [1.54, 1.807) is 42.7 Å². The van der Waals surface area contributed by atoms with Gasteiger partial charge in [0.05, 0.1) is 23.0 Å². The van der Waals surface area contributed by atoms with Crippen LogP contribution in [0.1, 0.15) is 23.2 Å². The molecule has 158 valence electrons. The summed E-state index contributed by atoms with van der Waals surface area (Å²) >= 11 is 1.62. The summed E-state index contributed by atoms with van der Waals surface area (Å²) in [4.78, 5) is 33.3. The summed E-state index contributed by atoms with van der Waals surface area (Å²) < 4.78 is 5.08. The number of aromatic nitrogens is 2. The van der Waals surface area contributed by atoms with Crippen LogP contribution < -0.4 is 15.4 Å². The molecular weight excluding hydrogens is 412 g/mol. The Hall–Kier alpha value is -3.65. The molecule has 2 aromatic carbocycles. The van der Waals surface area contributed by atoms with Crippen molar-refractivity contribution in [2.24, 2.45) is 0 Å². The number of hydrogen-bond acceptors (Lipinski definition) is 5. The molecule has 8 heteroatoms. The minimum Gasteiger partial charge on any atom is -0.497 e. The van der Waals surface area contributed by atoms with Crippen molar-refractivity contribution in [2.75, 3.05) is 19.0 Å². The number of benzene rings is 2. The minimum absolute atomic E-state index is 0.101. The van der Waals surface area contributed by atoms with Gasteiger partial charge in [-0.15, -0.1) is 11.3 Å². The zero-order valence-electron chi connectivity index (χ0n) is 17.0. The highest BCUT2D eigenvalue weighted by Crippen LogP contribution is 2.26. The van der Waals surface area contributed by atoms with Crippen LogP contribution in [0, 0.1) is 0 Å². The Bertz CT molecular complexity index is 1180. The number of nitrogens with one attached hydrogen (secondary N) is 3. The number of carbonyl (C=O) groups excluding carboxylic acids is 2. The van der Waals surface area contributed by atoms with Gasteiger partial charge in [0.1, 0.15) is 11.6 Å². The number of carbonyl (C=O) groups is 2. The molecule has 0 unspecified atom stereocenters. The lowest BCUT2D eigenvalue weighted by atomic mass is 10.2. The summed E-state index contributed by atoms with van der Waals surface area (Å²) in [5.74, 6) is 1.25. The van der Waals surface area contributed by atoms with E-state index in [0.29, 0.717) is 36.4 Å². The van der Waals surface area contributed by atoms with Gasteiger partial charge in [0.2, 0.25) is 5.91 Å². The van der Waals surface area contributed by atoms with E-state index >= 15 is 0 Å². The number of amides is 2. The number of ether oxygens (including phenoxy) is 1. The van der Waals surface area contributed by atoms with Crippen LogP contribution in [0.25, 0.3) is 21.7 Å². The van der Waals surface area contributed by atoms with Gasteiger partial charge >= 0.3 is 0 Å². The van der Waals surface area contributed by atoms with E-state index in [0.717, 1.165) is 21.7 Å². The Kier molecular flexibility index (Phi) is 6.28. The maximum atomic E-state index is 12.3. The van der Waals surface area contributed by atoms with E-state index < -0.39 is 0 Å². The van der Waals surface area contributed by atoms with Gasteiger partial charge in [-0.25, -0.2) is 4.98 Å². The van der Waals surface area contributed by atoms with Gasteiger partial charge in [-0.2, -0.15) is 0 Å². The quantitative estimate of drug-likeness (QED) is 0.357. The molecule has 4 aromatic rings. The van der Waals surface area contributed by atoms with Crippen molar-refractivity contribution in [3.05, 3.63) is 65.5 Å². The van der Waals surface area contributed by atoms with Gasteiger partial charge in [0, 0.05) is 24.2 Å². The average Bonchev–Trinajstić information content (AvgIpc) is 3.46. The second kappa shape index (κ2) is 9.44. The van der Waals surface area contributed by atoms with E-state index in [1.165, 1.54) is 0 Å². The van der Waals surface area contributed by atoms with Gasteiger partial charge in [-0.3, -0.25) is 9.59 Å². The predicted molar refractivity (Wildman–Crippen MR) is 123 cm³/mol. The van der Waals surface area contributed by atoms with Crippen molar-refractivity contribution in [2.45, 2.75) is 12.8 Å². The van der Waals surface area contributed by atoms with Crippen molar-refractivity contribution >= 4 is 39.9 Å². The lowest BCUT2D eigenvalue weighted by Crippen LogP contribution is -2.25. The fourth-order valence-corrected chi connectivity index (χ4v) is 3.81. The lowest BCUT2D eigenvalue weighted by Gasteiger charge is -2.07. The van der Waals surface area contributed by atoms with Crippen LogP contribution in [0.4, 0.5) is 5.69 Å². The normalized spacial score (nSPS) is 10.7. The third-order valence-electron chi connectivity index (χ3n) is 4.74. The second-order valence-electron chi connectivity index (χ2n) is 6.93. The Morgan fingerprint density at radius 2 is 1.97 bits per heavy atom. The number of aromatic amines is 1. The monoisotopic (exact) mass is 434 g/mol. The van der Waals surface area contributed by atoms with Crippen molar-refractivity contribution < 1.29 is 14.3 Å². The number of rotatable bonds is 8. The third-order valence-corrected chi connectivity index (χ3v) is 5.62. The number of imidazole rings is 1. The number of hydrogen-bond donors (Lipinski definition) is 3. The van der Waals surface area contributed by atoms with Crippen LogP contribution in [-0.4, -0.2) is 35.4 Å². The molecule has 0 aliphatic carbocycles. The van der Waals surface area contributed by atoms with Crippen LogP contribution in [0.3, 0.4) is 0 Å². The molecule has 2 aromatic heterocycles. The minimum atomic E-state index is -0.172. The topological polar surface area (TPSA) is 96.1 Å². The molecular formula is C23H22N4O3S. The van der Waals surface area contributed by atoms with Crippen LogP contribution in [0.5, 0.6) is 5.75 Å². The summed E-state index contributed by atoms with van der Waals surface area (Å²) in [7, 11) is 1.58. The molecule has 31 heavy (non-hydrogen) atoms. The highest BCUT2D eigenvalue weighted by Gasteiger charge is 2.09. The number of thiophene rings is 1. The molecule has 7 nitrogen and oxygen atoms in total. The van der Waals surface area contributed by atoms with E-state index in [2.05, 4.69) is 20.6 Å². The zero-order valence-corrected chi connectivity index (χ0v) is 17.8. The first-order valence-electron chi connectivity index (χ1n) is 9.88. The van der Waals surface area contributed by atoms with Gasteiger partial charge in [-0.1, -0.05) is 6.07 Å². The SMILES string of the molecule is COc1ccc(C(=O)NCCCC(=O)Nc2ccc3nc(-c4cccs4)[nH]c3c2)cc1. The zero-order chi connectivity index (χ0) is 21.6. The molecule has 0 bridgehead atoms. The molecule has 2 heterocycles. The first-order valence-corrected chi connectivity index (χ1v) is 10.8. The third kappa shape index (κ3) is 5.10. The van der Waals surface area contributed by atoms with Gasteiger partial charge in [0.15, 0.2) is 0 Å². The first-order chi connectivity index (χ1) is 15.1. The number of anilines is 1. The average molecular weight is 435 g/mol. The predicted octanol–water partition coefficient (Wildman–Crippen LogP) is 4.45. The Balaban J connectivity index is 1.25. The number of nitrogens with zero attached hydrogens (tertiary/aromatic N) is 1. The van der Waals surface area contributed by atoms with Crippen LogP contribution in [-0.2, 0) is 4.79 Å². The molecule has 0 spiro atoms. The van der Waals surface area contributed by atoms with Crippen molar-refractivity contribution in [1.82, 2.24) is 15.3 Å². The second-order valence-corrected chi connectivity index (χ2v) is 7.88. The van der Waals surface area contributed by atoms with Crippen LogP contribution in [0.2, 0.25) is 0 Å². The van der Waals surface area contributed by atoms with E-state index in [9.17, 15) is 9.59 Å². The molecule has 0 saturated carbocycles. The van der Waals surface area contributed by atoms with Gasteiger partial charge < -0.3 is 20.4 Å². The number of methoxy groups -OCH3 is 1. The molecule has 3 N–H and O–H groups in total. The van der Waals surface area contributed by atoms with E-state index in [4.69, 9.17) is 4.74 Å². The van der Waals surface area contributed by atoms with Crippen molar-refractivity contribution in [3.8, 4) is 16.5 Å². The summed E-state index contributed by atoms with van der Waals surface area (Å²) in [5, 5.41) is 7.73. The molecule has 0 fully saturated rings. The molecule has 0 aliphatic heterocycles. The summed E-state index contributed by atoms with van der Waals surface area (Å²) in [5.41, 5.74) is 2.98. The first kappa shape index (κ1) is 20.6. The summed E-state index contributed by atoms with van der Waals surface area (Å²) in [6.45, 7) is 0.419. The van der Waals surface area contributed by atoms with E-state index in [-0.39, 0.29) is 11.8 Å². The maximum Gasteiger partial charge on any atom is 0.251 e. The van der Waals surface area contributed by atoms with Gasteiger partial charge in [0.25, 0.3) is 5.91 Å². The molecule has 0 radical (unpaired) electrons. The smallest absolute Gasteiger partial charge is 0.251 e. The molecule has 0 saturated heterocycles. The molecule has 2 amide bonds.